The average molecular weight is 267 g/mol. The van der Waals surface area contributed by atoms with Crippen LogP contribution in [0.1, 0.15) is 25.8 Å². The Morgan fingerprint density at radius 2 is 2.11 bits per heavy atom. The number of nitro groups is 1. The van der Waals surface area contributed by atoms with Crippen LogP contribution >= 0.6 is 0 Å². The van der Waals surface area contributed by atoms with Crippen molar-refractivity contribution < 1.29 is 19.2 Å². The largest absolute Gasteiger partial charge is 0.472 e. The van der Waals surface area contributed by atoms with Crippen molar-refractivity contribution in [1.82, 2.24) is 0 Å². The van der Waals surface area contributed by atoms with Crippen molar-refractivity contribution >= 4 is 11.7 Å². The molecule has 0 saturated carbocycles. The molecule has 1 rings (SSSR count). The molecule has 1 aromatic carbocycles. The normalized spacial score (nSPS) is 11.7. The van der Waals surface area contributed by atoms with Crippen molar-refractivity contribution in [1.29, 1.82) is 0 Å². The number of benzene rings is 1. The molecule has 0 bridgehead atoms. The zero-order chi connectivity index (χ0) is 14.4. The third kappa shape index (κ3) is 3.67. The second-order valence-electron chi connectivity index (χ2n) is 3.95. The van der Waals surface area contributed by atoms with Crippen LogP contribution in [0.5, 0.6) is 5.75 Å². The molecule has 1 aromatic rings. The molecule has 0 aliphatic rings. The van der Waals surface area contributed by atoms with Gasteiger partial charge in [-0.2, -0.15) is 0 Å². The molecular formula is C13H17NO5. The smallest absolute Gasteiger partial charge is 0.347 e. The van der Waals surface area contributed by atoms with Gasteiger partial charge in [0.1, 0.15) is 0 Å². The fourth-order valence-corrected chi connectivity index (χ4v) is 1.65. The Balaban J connectivity index is 3.00. The number of carbonyl (C=O) groups is 1. The lowest BCUT2D eigenvalue weighted by Crippen LogP contribution is -2.29. The third-order valence-corrected chi connectivity index (χ3v) is 2.57. The van der Waals surface area contributed by atoms with Gasteiger partial charge in [-0.15, -0.1) is 0 Å². The third-order valence-electron chi connectivity index (χ3n) is 2.57. The van der Waals surface area contributed by atoms with Crippen LogP contribution in [0, 0.1) is 17.0 Å². The molecule has 0 aliphatic heterocycles. The van der Waals surface area contributed by atoms with Gasteiger partial charge in [-0.3, -0.25) is 10.1 Å². The van der Waals surface area contributed by atoms with E-state index in [2.05, 4.69) is 0 Å². The van der Waals surface area contributed by atoms with Gasteiger partial charge in [0.05, 0.1) is 11.5 Å². The first-order chi connectivity index (χ1) is 9.01. The van der Waals surface area contributed by atoms with Crippen LogP contribution in [0.25, 0.3) is 0 Å². The van der Waals surface area contributed by atoms with Crippen molar-refractivity contribution in [2.24, 2.45) is 0 Å². The molecule has 0 N–H and O–H groups in total. The van der Waals surface area contributed by atoms with E-state index in [1.165, 1.54) is 6.07 Å². The number of aryl methyl sites for hydroxylation is 1. The van der Waals surface area contributed by atoms with E-state index >= 15 is 0 Å². The summed E-state index contributed by atoms with van der Waals surface area (Å²) in [6, 6.07) is 4.75. The topological polar surface area (TPSA) is 78.7 Å². The van der Waals surface area contributed by atoms with Gasteiger partial charge in [-0.05, 0) is 26.3 Å². The van der Waals surface area contributed by atoms with Gasteiger partial charge < -0.3 is 9.47 Å². The van der Waals surface area contributed by atoms with Crippen LogP contribution in [-0.2, 0) is 9.53 Å². The molecule has 0 aliphatic carbocycles. The quantitative estimate of drug-likeness (QED) is 0.449. The van der Waals surface area contributed by atoms with Crippen molar-refractivity contribution in [2.75, 3.05) is 6.61 Å². The van der Waals surface area contributed by atoms with Gasteiger partial charge in [-0.25, -0.2) is 4.79 Å². The summed E-state index contributed by atoms with van der Waals surface area (Å²) in [6.07, 6.45) is -0.454. The maximum absolute atomic E-state index is 11.6. The van der Waals surface area contributed by atoms with E-state index < -0.39 is 17.0 Å². The highest BCUT2D eigenvalue weighted by Gasteiger charge is 2.25. The van der Waals surface area contributed by atoms with E-state index in [-0.39, 0.29) is 18.0 Å². The number of carbonyl (C=O) groups excluding carboxylic acids is 1. The van der Waals surface area contributed by atoms with Gasteiger partial charge in [-0.1, -0.05) is 19.1 Å². The molecule has 0 fully saturated rings. The summed E-state index contributed by atoms with van der Waals surface area (Å²) >= 11 is 0. The van der Waals surface area contributed by atoms with E-state index in [1.807, 2.05) is 0 Å². The number of esters is 1. The first-order valence-corrected chi connectivity index (χ1v) is 6.08. The molecule has 0 amide bonds. The van der Waals surface area contributed by atoms with Gasteiger partial charge in [0.15, 0.2) is 11.9 Å². The number of para-hydroxylation sites is 1. The maximum Gasteiger partial charge on any atom is 0.347 e. The lowest BCUT2D eigenvalue weighted by atomic mass is 10.2. The molecular weight excluding hydrogens is 250 g/mol. The number of hydrogen-bond donors (Lipinski definition) is 0. The minimum absolute atomic E-state index is 0.0879. The molecule has 0 spiro atoms. The summed E-state index contributed by atoms with van der Waals surface area (Å²) in [4.78, 5) is 22.1. The fourth-order valence-electron chi connectivity index (χ4n) is 1.65. The maximum atomic E-state index is 11.6. The zero-order valence-corrected chi connectivity index (χ0v) is 11.2. The molecule has 6 heteroatoms. The van der Waals surface area contributed by atoms with Crippen molar-refractivity contribution in [2.45, 2.75) is 33.3 Å². The Kier molecular flexibility index (Phi) is 5.29. The van der Waals surface area contributed by atoms with Crippen LogP contribution in [0.4, 0.5) is 5.69 Å². The highest BCUT2D eigenvalue weighted by molar-refractivity contribution is 5.75. The number of ether oxygens (including phenoxy) is 2. The number of nitrogens with zero attached hydrogens (tertiary/aromatic N) is 1. The Morgan fingerprint density at radius 1 is 1.42 bits per heavy atom. The second-order valence-corrected chi connectivity index (χ2v) is 3.95. The summed E-state index contributed by atoms with van der Waals surface area (Å²) in [7, 11) is 0. The monoisotopic (exact) mass is 267 g/mol. The van der Waals surface area contributed by atoms with Crippen molar-refractivity contribution in [3.05, 3.63) is 33.9 Å². The molecule has 104 valence electrons. The van der Waals surface area contributed by atoms with Gasteiger partial charge >= 0.3 is 11.7 Å². The Labute approximate surface area is 111 Å². The van der Waals surface area contributed by atoms with Gasteiger partial charge in [0.2, 0.25) is 0 Å². The van der Waals surface area contributed by atoms with Crippen LogP contribution in [0.15, 0.2) is 18.2 Å². The summed E-state index contributed by atoms with van der Waals surface area (Å²) in [6.45, 7) is 5.31. The second kappa shape index (κ2) is 6.72. The Morgan fingerprint density at radius 3 is 2.63 bits per heavy atom. The Bertz CT molecular complexity index is 472. The molecule has 1 unspecified atom stereocenters. The average Bonchev–Trinajstić information content (AvgIpc) is 2.35. The van der Waals surface area contributed by atoms with Crippen molar-refractivity contribution in [3.8, 4) is 5.75 Å². The van der Waals surface area contributed by atoms with Crippen LogP contribution < -0.4 is 4.74 Å². The molecule has 1 atom stereocenters. The highest BCUT2D eigenvalue weighted by atomic mass is 16.6. The summed E-state index contributed by atoms with van der Waals surface area (Å²) < 4.78 is 10.3. The van der Waals surface area contributed by atoms with Gasteiger partial charge in [0.25, 0.3) is 0 Å². The lowest BCUT2D eigenvalue weighted by Gasteiger charge is -2.16. The molecule has 0 aromatic heterocycles. The Hall–Kier alpha value is -2.11. The molecule has 0 heterocycles. The van der Waals surface area contributed by atoms with Crippen LogP contribution in [-0.4, -0.2) is 23.6 Å². The summed E-state index contributed by atoms with van der Waals surface area (Å²) in [5.74, 6) is -0.425. The summed E-state index contributed by atoms with van der Waals surface area (Å²) in [5.41, 5.74) is 0.367. The van der Waals surface area contributed by atoms with E-state index in [4.69, 9.17) is 9.47 Å². The molecule has 6 nitrogen and oxygen atoms in total. The molecule has 0 saturated heterocycles. The van der Waals surface area contributed by atoms with Crippen LogP contribution in [0.2, 0.25) is 0 Å². The van der Waals surface area contributed by atoms with E-state index in [1.54, 1.807) is 32.9 Å². The minimum atomic E-state index is -0.833. The van der Waals surface area contributed by atoms with E-state index in [0.717, 1.165) is 0 Å². The standard InChI is InChI=1S/C13H17NO5/c1-4-10(13(15)18-5-2)19-11-8-6-7-9(3)12(11)14(16)17/h6-8,10H,4-5H2,1-3H3. The predicted molar refractivity (Wildman–Crippen MR) is 69.2 cm³/mol. The zero-order valence-electron chi connectivity index (χ0n) is 11.2. The number of rotatable bonds is 6. The van der Waals surface area contributed by atoms with Gasteiger partial charge in [0, 0.05) is 5.56 Å². The van der Waals surface area contributed by atoms with Crippen LogP contribution in [0.3, 0.4) is 0 Å². The van der Waals surface area contributed by atoms with E-state index in [0.29, 0.717) is 12.0 Å². The highest BCUT2D eigenvalue weighted by Crippen LogP contribution is 2.31. The fraction of sp³-hybridized carbons (Fsp3) is 0.462. The SMILES string of the molecule is CCOC(=O)C(CC)Oc1cccc(C)c1[N+](=O)[O-]. The first kappa shape index (κ1) is 14.9. The van der Waals surface area contributed by atoms with Crippen molar-refractivity contribution in [3.63, 3.8) is 0 Å². The predicted octanol–water partition coefficient (Wildman–Crippen LogP) is 2.62. The molecule has 19 heavy (non-hydrogen) atoms. The molecule has 0 radical (unpaired) electrons. The summed E-state index contributed by atoms with van der Waals surface area (Å²) in [5, 5.41) is 11.0. The lowest BCUT2D eigenvalue weighted by molar-refractivity contribution is -0.386. The number of nitro benzene ring substituents is 1. The first-order valence-electron chi connectivity index (χ1n) is 6.08. The minimum Gasteiger partial charge on any atom is -0.472 e. The van der Waals surface area contributed by atoms with E-state index in [9.17, 15) is 14.9 Å². The number of hydrogen-bond acceptors (Lipinski definition) is 5.